The van der Waals surface area contributed by atoms with Crippen LogP contribution in [0.15, 0.2) is 24.5 Å². The number of rotatable bonds is 2. The van der Waals surface area contributed by atoms with Crippen molar-refractivity contribution in [3.8, 4) is 11.3 Å². The van der Waals surface area contributed by atoms with Crippen LogP contribution < -0.4 is 5.73 Å². The van der Waals surface area contributed by atoms with Gasteiger partial charge in [-0.2, -0.15) is 5.10 Å². The first-order valence-electron chi connectivity index (χ1n) is 5.94. The van der Waals surface area contributed by atoms with Crippen LogP contribution in [0.1, 0.15) is 5.56 Å². The van der Waals surface area contributed by atoms with E-state index in [4.69, 9.17) is 10.8 Å². The van der Waals surface area contributed by atoms with Crippen molar-refractivity contribution in [2.24, 2.45) is 7.05 Å². The molecule has 0 saturated carbocycles. The van der Waals surface area contributed by atoms with Crippen molar-refractivity contribution in [2.75, 3.05) is 5.73 Å². The highest BCUT2D eigenvalue weighted by molar-refractivity contribution is 5.98. The zero-order chi connectivity index (χ0) is 14.3. The van der Waals surface area contributed by atoms with Gasteiger partial charge >= 0.3 is 0 Å². The molecular weight excluding hydrogens is 261 g/mol. The second kappa shape index (κ2) is 4.53. The van der Waals surface area contributed by atoms with Crippen molar-refractivity contribution in [2.45, 2.75) is 6.61 Å². The number of benzene rings is 1. The Labute approximate surface area is 113 Å². The van der Waals surface area contributed by atoms with Gasteiger partial charge < -0.3 is 10.8 Å². The molecule has 1 aromatic carbocycles. The lowest BCUT2D eigenvalue weighted by Gasteiger charge is -2.03. The molecular formula is C13H12FN5O. The van der Waals surface area contributed by atoms with Crippen molar-refractivity contribution in [1.29, 1.82) is 0 Å². The molecule has 0 aliphatic rings. The normalized spacial score (nSPS) is 11.2. The molecule has 0 saturated heterocycles. The van der Waals surface area contributed by atoms with Crippen LogP contribution in [-0.4, -0.2) is 24.9 Å². The molecule has 3 N–H and O–H groups in total. The average Bonchev–Trinajstić information content (AvgIpc) is 2.77. The molecule has 2 aromatic heterocycles. The third-order valence-corrected chi connectivity index (χ3v) is 3.06. The standard InChI is InChI=1S/C13H12FN5O/c1-19-13-10(12(15)16-6-17-13)11(18-19)8-2-7(5-20)3-9(14)4-8/h2-4,6,20H,5H2,1H3,(H2,15,16,17). The van der Waals surface area contributed by atoms with Crippen LogP contribution in [0.3, 0.4) is 0 Å². The minimum absolute atomic E-state index is 0.249. The minimum Gasteiger partial charge on any atom is -0.392 e. The van der Waals surface area contributed by atoms with Crippen LogP contribution in [0.4, 0.5) is 10.2 Å². The summed E-state index contributed by atoms with van der Waals surface area (Å²) in [5.74, 6) is -0.159. The Balaban J connectivity index is 2.32. The molecule has 0 aliphatic carbocycles. The van der Waals surface area contributed by atoms with E-state index in [1.807, 2.05) is 0 Å². The number of anilines is 1. The maximum atomic E-state index is 13.6. The van der Waals surface area contributed by atoms with E-state index in [0.717, 1.165) is 0 Å². The molecule has 3 rings (SSSR count). The molecule has 0 aliphatic heterocycles. The number of fused-ring (bicyclic) bond motifs is 1. The summed E-state index contributed by atoms with van der Waals surface area (Å²) in [5, 5.41) is 14.1. The van der Waals surface area contributed by atoms with Gasteiger partial charge in [-0.3, -0.25) is 0 Å². The van der Waals surface area contributed by atoms with Crippen molar-refractivity contribution >= 4 is 16.9 Å². The van der Waals surface area contributed by atoms with Crippen molar-refractivity contribution in [1.82, 2.24) is 19.7 Å². The first kappa shape index (κ1) is 12.5. The molecule has 102 valence electrons. The van der Waals surface area contributed by atoms with E-state index in [2.05, 4.69) is 15.1 Å². The zero-order valence-corrected chi connectivity index (χ0v) is 10.7. The van der Waals surface area contributed by atoms with Gasteiger partial charge in [-0.15, -0.1) is 0 Å². The SMILES string of the molecule is Cn1nc(-c2cc(F)cc(CO)c2)c2c(N)ncnc21. The average molecular weight is 273 g/mol. The summed E-state index contributed by atoms with van der Waals surface area (Å²) in [6.45, 7) is -0.249. The quantitative estimate of drug-likeness (QED) is 0.733. The molecule has 3 aromatic rings. The van der Waals surface area contributed by atoms with E-state index in [1.54, 1.807) is 17.8 Å². The highest BCUT2D eigenvalue weighted by Crippen LogP contribution is 2.30. The summed E-state index contributed by atoms with van der Waals surface area (Å²) >= 11 is 0. The Morgan fingerprint density at radius 1 is 1.30 bits per heavy atom. The van der Waals surface area contributed by atoms with Gasteiger partial charge in [-0.05, 0) is 23.8 Å². The molecule has 0 fully saturated rings. The van der Waals surface area contributed by atoms with Gasteiger partial charge in [0.05, 0.1) is 12.0 Å². The number of nitrogens with two attached hydrogens (primary N) is 1. The number of aryl methyl sites for hydroxylation is 1. The number of aliphatic hydroxyl groups excluding tert-OH is 1. The van der Waals surface area contributed by atoms with Gasteiger partial charge in [0, 0.05) is 12.6 Å². The van der Waals surface area contributed by atoms with Gasteiger partial charge in [0.15, 0.2) is 5.65 Å². The molecule has 0 atom stereocenters. The first-order valence-corrected chi connectivity index (χ1v) is 5.94. The minimum atomic E-state index is -0.444. The second-order valence-corrected chi connectivity index (χ2v) is 4.44. The Kier molecular flexibility index (Phi) is 2.83. The number of hydrogen-bond acceptors (Lipinski definition) is 5. The van der Waals surface area contributed by atoms with Gasteiger partial charge in [-0.25, -0.2) is 19.0 Å². The van der Waals surface area contributed by atoms with Crippen LogP contribution in [0.5, 0.6) is 0 Å². The maximum Gasteiger partial charge on any atom is 0.163 e. The van der Waals surface area contributed by atoms with Crippen LogP contribution in [-0.2, 0) is 13.7 Å². The Bertz CT molecular complexity index is 799. The van der Waals surface area contributed by atoms with Gasteiger partial charge in [-0.1, -0.05) is 0 Å². The summed E-state index contributed by atoms with van der Waals surface area (Å²) in [6, 6.07) is 4.28. The molecule has 0 unspecified atom stereocenters. The third-order valence-electron chi connectivity index (χ3n) is 3.06. The Morgan fingerprint density at radius 3 is 2.85 bits per heavy atom. The smallest absolute Gasteiger partial charge is 0.163 e. The van der Waals surface area contributed by atoms with E-state index in [-0.39, 0.29) is 12.4 Å². The summed E-state index contributed by atoms with van der Waals surface area (Å²) in [7, 11) is 1.73. The molecule has 0 bridgehead atoms. The van der Waals surface area contributed by atoms with Crippen molar-refractivity contribution < 1.29 is 9.50 Å². The lowest BCUT2D eigenvalue weighted by atomic mass is 10.1. The molecule has 0 amide bonds. The first-order chi connectivity index (χ1) is 9.60. The van der Waals surface area contributed by atoms with Crippen LogP contribution in [0, 0.1) is 5.82 Å². The lowest BCUT2D eigenvalue weighted by molar-refractivity contribution is 0.281. The maximum absolute atomic E-state index is 13.6. The molecule has 2 heterocycles. The predicted molar refractivity (Wildman–Crippen MR) is 72.0 cm³/mol. The molecule has 20 heavy (non-hydrogen) atoms. The highest BCUT2D eigenvalue weighted by Gasteiger charge is 2.16. The van der Waals surface area contributed by atoms with E-state index >= 15 is 0 Å². The number of halogens is 1. The molecule has 6 nitrogen and oxygen atoms in total. The third kappa shape index (κ3) is 1.88. The fraction of sp³-hybridized carbons (Fsp3) is 0.154. The summed E-state index contributed by atoms with van der Waals surface area (Å²) < 4.78 is 15.2. The van der Waals surface area contributed by atoms with E-state index in [0.29, 0.717) is 27.9 Å². The van der Waals surface area contributed by atoms with Gasteiger partial charge in [0.2, 0.25) is 0 Å². The number of nitrogens with zero attached hydrogens (tertiary/aromatic N) is 4. The molecule has 0 radical (unpaired) electrons. The fourth-order valence-corrected chi connectivity index (χ4v) is 2.19. The van der Waals surface area contributed by atoms with Crippen molar-refractivity contribution in [3.05, 3.63) is 35.9 Å². The largest absolute Gasteiger partial charge is 0.392 e. The van der Waals surface area contributed by atoms with E-state index in [1.165, 1.54) is 18.5 Å². The number of aromatic nitrogens is 4. The highest BCUT2D eigenvalue weighted by atomic mass is 19.1. The number of aliphatic hydroxyl groups is 1. The number of hydrogen-bond donors (Lipinski definition) is 2. The summed E-state index contributed by atoms with van der Waals surface area (Å²) in [5.41, 5.74) is 7.93. The Hall–Kier alpha value is -2.54. The zero-order valence-electron chi connectivity index (χ0n) is 10.7. The molecule has 0 spiro atoms. The van der Waals surface area contributed by atoms with Crippen molar-refractivity contribution in [3.63, 3.8) is 0 Å². The van der Waals surface area contributed by atoms with Crippen LogP contribution >= 0.6 is 0 Å². The van der Waals surface area contributed by atoms with Gasteiger partial charge in [0.25, 0.3) is 0 Å². The summed E-state index contributed by atoms with van der Waals surface area (Å²) in [4.78, 5) is 8.06. The van der Waals surface area contributed by atoms with Crippen LogP contribution in [0.2, 0.25) is 0 Å². The topological polar surface area (TPSA) is 89.8 Å². The monoisotopic (exact) mass is 273 g/mol. The second-order valence-electron chi connectivity index (χ2n) is 4.44. The predicted octanol–water partition coefficient (Wildman–Crippen LogP) is 1.24. The number of nitrogen functional groups attached to an aromatic ring is 1. The fourth-order valence-electron chi connectivity index (χ4n) is 2.19. The van der Waals surface area contributed by atoms with E-state index < -0.39 is 5.82 Å². The van der Waals surface area contributed by atoms with Gasteiger partial charge in [0.1, 0.15) is 23.7 Å². The van der Waals surface area contributed by atoms with Crippen LogP contribution in [0.25, 0.3) is 22.3 Å². The summed E-state index contributed by atoms with van der Waals surface area (Å²) in [6.07, 6.45) is 1.36. The van der Waals surface area contributed by atoms with E-state index in [9.17, 15) is 4.39 Å². The molecule has 7 heteroatoms. The Morgan fingerprint density at radius 2 is 2.10 bits per heavy atom. The lowest BCUT2D eigenvalue weighted by Crippen LogP contribution is -1.95.